The van der Waals surface area contributed by atoms with Crippen molar-refractivity contribution in [2.24, 2.45) is 0 Å². The average molecular weight is 244 g/mol. The van der Waals surface area contributed by atoms with Crippen molar-refractivity contribution in [3.8, 4) is 0 Å². The Balaban J connectivity index is 2.74. The molecule has 2 N–H and O–H groups in total. The molecule has 1 rings (SSSR count). The second-order valence-corrected chi connectivity index (χ2v) is 4.78. The van der Waals surface area contributed by atoms with Gasteiger partial charge in [-0.15, -0.1) is 0 Å². The fourth-order valence-corrected chi connectivity index (χ4v) is 1.62. The van der Waals surface area contributed by atoms with Crippen molar-refractivity contribution in [2.45, 2.75) is 45.0 Å². The third kappa shape index (κ3) is 4.44. The van der Waals surface area contributed by atoms with Gasteiger partial charge >= 0.3 is 11.9 Å². The van der Waals surface area contributed by atoms with Gasteiger partial charge in [0.25, 0.3) is 0 Å². The molecule has 0 spiro atoms. The van der Waals surface area contributed by atoms with Crippen LogP contribution in [-0.2, 0) is 19.1 Å². The maximum atomic E-state index is 11.2. The molecule has 96 valence electrons. The van der Waals surface area contributed by atoms with Crippen molar-refractivity contribution in [2.75, 3.05) is 0 Å². The summed E-state index contributed by atoms with van der Waals surface area (Å²) in [7, 11) is 0. The van der Waals surface area contributed by atoms with E-state index in [1.54, 1.807) is 13.8 Å². The van der Waals surface area contributed by atoms with E-state index >= 15 is 0 Å². The zero-order chi connectivity index (χ0) is 13.3. The number of hydrogen-bond donors (Lipinski definition) is 2. The molecule has 0 amide bonds. The number of carbonyl (C=O) groups is 2. The molecule has 1 aliphatic heterocycles. The number of carboxylic acid groups (broad SMARTS) is 1. The highest BCUT2D eigenvalue weighted by Gasteiger charge is 2.34. The fraction of sp³-hybridized carbons (Fsp3) is 0.636. The van der Waals surface area contributed by atoms with Crippen molar-refractivity contribution < 1.29 is 29.3 Å². The fourth-order valence-electron chi connectivity index (χ4n) is 1.62. The van der Waals surface area contributed by atoms with Gasteiger partial charge in [-0.05, 0) is 6.92 Å². The molecule has 0 aromatic rings. The highest BCUT2D eigenvalue weighted by molar-refractivity contribution is 5.83. The van der Waals surface area contributed by atoms with Gasteiger partial charge in [-0.1, -0.05) is 0 Å². The first kappa shape index (κ1) is 13.5. The van der Waals surface area contributed by atoms with Crippen molar-refractivity contribution >= 4 is 11.9 Å². The first-order valence-electron chi connectivity index (χ1n) is 5.16. The smallest absolute Gasteiger partial charge is 0.337 e. The van der Waals surface area contributed by atoms with E-state index in [-0.39, 0.29) is 12.2 Å². The number of aliphatic carboxylic acids is 1. The van der Waals surface area contributed by atoms with Crippen molar-refractivity contribution in [1.29, 1.82) is 0 Å². The van der Waals surface area contributed by atoms with E-state index in [1.807, 2.05) is 0 Å². The molecular formula is C11H16O6. The number of esters is 1. The molecule has 0 saturated heterocycles. The number of carbonyl (C=O) groups excluding carboxylic acids is 1. The van der Waals surface area contributed by atoms with Crippen LogP contribution < -0.4 is 0 Å². The Morgan fingerprint density at radius 1 is 1.47 bits per heavy atom. The van der Waals surface area contributed by atoms with E-state index in [9.17, 15) is 14.7 Å². The minimum atomic E-state index is -1.47. The first-order chi connectivity index (χ1) is 7.60. The summed E-state index contributed by atoms with van der Waals surface area (Å²) in [5, 5.41) is 18.5. The molecule has 1 heterocycles. The van der Waals surface area contributed by atoms with Crippen molar-refractivity contribution in [3.63, 3.8) is 0 Å². The lowest BCUT2D eigenvalue weighted by molar-refractivity contribution is -0.207. The van der Waals surface area contributed by atoms with Gasteiger partial charge in [0.15, 0.2) is 0 Å². The van der Waals surface area contributed by atoms with E-state index in [1.165, 1.54) is 6.92 Å². The summed E-state index contributed by atoms with van der Waals surface area (Å²) in [5.41, 5.74) is -1.47. The standard InChI is InChI=1S/C11H16O6/c1-10(2)16-7(4-9(14)17-10)5-11(3,15)6-8(12)13/h4,15H,5-6H2,1-3H3,(H,12,13)/t11-/m0/s1. The predicted octanol–water partition coefficient (Wildman–Crippen LogP) is 0.796. The van der Waals surface area contributed by atoms with Crippen LogP contribution in [0.25, 0.3) is 0 Å². The largest absolute Gasteiger partial charge is 0.481 e. The van der Waals surface area contributed by atoms with Gasteiger partial charge in [-0.3, -0.25) is 4.79 Å². The molecule has 0 radical (unpaired) electrons. The number of rotatable bonds is 4. The van der Waals surface area contributed by atoms with E-state index in [0.717, 1.165) is 6.08 Å². The summed E-state index contributed by atoms with van der Waals surface area (Å²) < 4.78 is 10.2. The molecule has 0 aromatic heterocycles. The molecule has 1 aliphatic rings. The van der Waals surface area contributed by atoms with Gasteiger partial charge in [0, 0.05) is 20.3 Å². The number of cyclic esters (lactones) is 1. The van der Waals surface area contributed by atoms with Gasteiger partial charge in [0.2, 0.25) is 5.79 Å². The third-order valence-electron chi connectivity index (χ3n) is 2.09. The molecule has 6 nitrogen and oxygen atoms in total. The Kier molecular flexibility index (Phi) is 3.47. The van der Waals surface area contributed by atoms with E-state index in [2.05, 4.69) is 0 Å². The van der Waals surface area contributed by atoms with E-state index in [0.29, 0.717) is 0 Å². The van der Waals surface area contributed by atoms with Crippen LogP contribution in [0.3, 0.4) is 0 Å². The SMILES string of the molecule is CC1(C)OC(=O)C=C(C[C@](C)(O)CC(=O)O)O1. The second-order valence-electron chi connectivity index (χ2n) is 4.78. The lowest BCUT2D eigenvalue weighted by atomic mass is 9.96. The first-order valence-corrected chi connectivity index (χ1v) is 5.16. The predicted molar refractivity (Wildman–Crippen MR) is 56.8 cm³/mol. The highest BCUT2D eigenvalue weighted by Crippen LogP contribution is 2.28. The normalized spacial score (nSPS) is 21.9. The van der Waals surface area contributed by atoms with E-state index in [4.69, 9.17) is 14.6 Å². The molecule has 0 bridgehead atoms. The van der Waals surface area contributed by atoms with Crippen LogP contribution in [0, 0.1) is 0 Å². The lowest BCUT2D eigenvalue weighted by Crippen LogP contribution is -2.37. The van der Waals surface area contributed by atoms with Crippen LogP contribution in [0.2, 0.25) is 0 Å². The highest BCUT2D eigenvalue weighted by atomic mass is 16.7. The second kappa shape index (κ2) is 4.37. The Labute approximate surface area is 98.8 Å². The lowest BCUT2D eigenvalue weighted by Gasteiger charge is -2.33. The molecule has 1 atom stereocenters. The Morgan fingerprint density at radius 2 is 2.06 bits per heavy atom. The van der Waals surface area contributed by atoms with Crippen molar-refractivity contribution in [1.82, 2.24) is 0 Å². The minimum Gasteiger partial charge on any atom is -0.481 e. The average Bonchev–Trinajstić information content (AvgIpc) is 1.93. The third-order valence-corrected chi connectivity index (χ3v) is 2.09. The zero-order valence-electron chi connectivity index (χ0n) is 10.0. The Hall–Kier alpha value is -1.56. The molecule has 17 heavy (non-hydrogen) atoms. The monoisotopic (exact) mass is 244 g/mol. The zero-order valence-corrected chi connectivity index (χ0v) is 10.0. The minimum absolute atomic E-state index is 0.0577. The molecule has 0 aliphatic carbocycles. The number of ether oxygens (including phenoxy) is 2. The molecule has 0 fully saturated rings. The van der Waals surface area contributed by atoms with Crippen molar-refractivity contribution in [3.05, 3.63) is 11.8 Å². The molecule has 0 unspecified atom stereocenters. The summed E-state index contributed by atoms with van der Waals surface area (Å²) in [4.78, 5) is 21.8. The van der Waals surface area contributed by atoms with Crippen LogP contribution >= 0.6 is 0 Å². The van der Waals surface area contributed by atoms with Gasteiger partial charge in [-0.25, -0.2) is 4.79 Å². The van der Waals surface area contributed by atoms with Gasteiger partial charge < -0.3 is 19.7 Å². The topological polar surface area (TPSA) is 93.1 Å². The maximum absolute atomic E-state index is 11.2. The summed E-state index contributed by atoms with van der Waals surface area (Å²) in [6.07, 6.45) is 0.628. The number of aliphatic hydroxyl groups is 1. The molecule has 6 heteroatoms. The summed E-state index contributed by atoms with van der Waals surface area (Å²) in [5.74, 6) is -2.56. The van der Waals surface area contributed by atoms with Crippen LogP contribution in [0.15, 0.2) is 11.8 Å². The van der Waals surface area contributed by atoms with Crippen LogP contribution in [0.4, 0.5) is 0 Å². The van der Waals surface area contributed by atoms with E-state index < -0.39 is 29.7 Å². The molecular weight excluding hydrogens is 228 g/mol. The van der Waals surface area contributed by atoms with Crippen LogP contribution in [0.5, 0.6) is 0 Å². The maximum Gasteiger partial charge on any atom is 0.337 e. The quantitative estimate of drug-likeness (QED) is 0.710. The van der Waals surface area contributed by atoms with Gasteiger partial charge in [-0.2, -0.15) is 0 Å². The number of hydrogen-bond acceptors (Lipinski definition) is 5. The summed E-state index contributed by atoms with van der Waals surface area (Å²) >= 11 is 0. The Morgan fingerprint density at radius 3 is 2.53 bits per heavy atom. The van der Waals surface area contributed by atoms with Gasteiger partial charge in [0.05, 0.1) is 18.1 Å². The van der Waals surface area contributed by atoms with Crippen LogP contribution in [0.1, 0.15) is 33.6 Å². The van der Waals surface area contributed by atoms with Gasteiger partial charge in [0.1, 0.15) is 5.76 Å². The van der Waals surface area contributed by atoms with Crippen LogP contribution in [-0.4, -0.2) is 33.5 Å². The number of carboxylic acids is 1. The summed E-state index contributed by atoms with van der Waals surface area (Å²) in [6.45, 7) is 4.49. The molecule has 0 saturated carbocycles. The Bertz CT molecular complexity index is 366. The molecule has 0 aromatic carbocycles. The summed E-state index contributed by atoms with van der Waals surface area (Å²) in [6, 6.07) is 0.